The molecule has 4 heteroatoms. The molecule has 0 aliphatic heterocycles. The van der Waals surface area contributed by atoms with Gasteiger partial charge < -0.3 is 5.32 Å². The Morgan fingerprint density at radius 2 is 1.94 bits per heavy atom. The highest BCUT2D eigenvalue weighted by atomic mass is 19.4. The first-order valence-corrected chi connectivity index (χ1v) is 5.95. The number of hydrogen-bond acceptors (Lipinski definition) is 1. The molecule has 0 heterocycles. The molecule has 1 aliphatic rings. The van der Waals surface area contributed by atoms with Crippen molar-refractivity contribution in [2.75, 3.05) is 5.32 Å². The van der Waals surface area contributed by atoms with E-state index in [1.807, 2.05) is 6.92 Å². The zero-order valence-electron chi connectivity index (χ0n) is 9.72. The molecule has 1 atom stereocenters. The van der Waals surface area contributed by atoms with Crippen molar-refractivity contribution in [3.05, 3.63) is 29.8 Å². The Balaban J connectivity index is 2.19. The molecule has 2 rings (SSSR count). The Labute approximate surface area is 99.0 Å². The average Bonchev–Trinajstić information content (AvgIpc) is 3.09. The number of hydrogen-bond donors (Lipinski definition) is 1. The third-order valence-electron chi connectivity index (χ3n) is 3.20. The summed E-state index contributed by atoms with van der Waals surface area (Å²) in [5.41, 5.74) is -0.363. The van der Waals surface area contributed by atoms with Gasteiger partial charge >= 0.3 is 6.18 Å². The predicted octanol–water partition coefficient (Wildman–Crippen LogP) is 4.31. The van der Waals surface area contributed by atoms with Crippen molar-refractivity contribution in [1.29, 1.82) is 0 Å². The second-order valence-electron chi connectivity index (χ2n) is 4.54. The minimum Gasteiger partial charge on any atom is -0.382 e. The standard InChI is InChI=1S/C13H16F3N/c1-2-11(9-7-8-9)17-12-6-4-3-5-10(12)13(14,15)16/h3-6,9,11,17H,2,7-8H2,1H3. The van der Waals surface area contributed by atoms with Crippen molar-refractivity contribution in [1.82, 2.24) is 0 Å². The maximum atomic E-state index is 12.8. The van der Waals surface area contributed by atoms with E-state index in [2.05, 4.69) is 5.32 Å². The van der Waals surface area contributed by atoms with Crippen molar-refractivity contribution in [2.45, 2.75) is 38.4 Å². The Bertz CT molecular complexity index is 382. The molecule has 0 saturated heterocycles. The van der Waals surface area contributed by atoms with Gasteiger partial charge in [0, 0.05) is 11.7 Å². The fourth-order valence-electron chi connectivity index (χ4n) is 2.11. The van der Waals surface area contributed by atoms with Gasteiger partial charge in [-0.3, -0.25) is 0 Å². The van der Waals surface area contributed by atoms with Crippen LogP contribution in [0.2, 0.25) is 0 Å². The molecule has 0 bridgehead atoms. The van der Waals surface area contributed by atoms with Crippen LogP contribution in [0.15, 0.2) is 24.3 Å². The number of anilines is 1. The van der Waals surface area contributed by atoms with Crippen molar-refractivity contribution >= 4 is 5.69 Å². The van der Waals surface area contributed by atoms with Crippen LogP contribution in [0.1, 0.15) is 31.7 Å². The number of benzene rings is 1. The SMILES string of the molecule is CCC(Nc1ccccc1C(F)(F)F)C1CC1. The first-order valence-electron chi connectivity index (χ1n) is 5.95. The second kappa shape index (κ2) is 4.59. The summed E-state index contributed by atoms with van der Waals surface area (Å²) in [7, 11) is 0. The summed E-state index contributed by atoms with van der Waals surface area (Å²) in [6.07, 6.45) is -1.18. The molecule has 1 unspecified atom stereocenters. The minimum atomic E-state index is -4.29. The number of alkyl halides is 3. The summed E-state index contributed by atoms with van der Waals surface area (Å²) in [4.78, 5) is 0. The van der Waals surface area contributed by atoms with Gasteiger partial charge in [0.15, 0.2) is 0 Å². The quantitative estimate of drug-likeness (QED) is 0.831. The van der Waals surface area contributed by atoms with E-state index >= 15 is 0 Å². The topological polar surface area (TPSA) is 12.0 Å². The Kier molecular flexibility index (Phi) is 3.31. The van der Waals surface area contributed by atoms with Crippen LogP contribution >= 0.6 is 0 Å². The van der Waals surface area contributed by atoms with Crippen LogP contribution in [0, 0.1) is 5.92 Å². The van der Waals surface area contributed by atoms with Crippen molar-refractivity contribution < 1.29 is 13.2 Å². The number of rotatable bonds is 4. The highest BCUT2D eigenvalue weighted by Crippen LogP contribution is 2.39. The first-order chi connectivity index (χ1) is 8.02. The summed E-state index contributed by atoms with van der Waals surface area (Å²) in [6.45, 7) is 2.01. The van der Waals surface area contributed by atoms with E-state index in [4.69, 9.17) is 0 Å². The van der Waals surface area contributed by atoms with Crippen LogP contribution in [0.4, 0.5) is 18.9 Å². The molecule has 0 amide bonds. The zero-order chi connectivity index (χ0) is 12.5. The third kappa shape index (κ3) is 2.93. The summed E-state index contributed by atoms with van der Waals surface area (Å²) >= 11 is 0. The molecular weight excluding hydrogens is 227 g/mol. The number of nitrogens with one attached hydrogen (secondary N) is 1. The second-order valence-corrected chi connectivity index (χ2v) is 4.54. The van der Waals surface area contributed by atoms with Crippen LogP contribution in [0.25, 0.3) is 0 Å². The highest BCUT2D eigenvalue weighted by Gasteiger charge is 2.35. The van der Waals surface area contributed by atoms with Gasteiger partial charge in [0.2, 0.25) is 0 Å². The van der Waals surface area contributed by atoms with Gasteiger partial charge in [0.1, 0.15) is 0 Å². The smallest absolute Gasteiger partial charge is 0.382 e. The molecule has 1 saturated carbocycles. The largest absolute Gasteiger partial charge is 0.418 e. The molecular formula is C13H16F3N. The minimum absolute atomic E-state index is 0.165. The summed E-state index contributed by atoms with van der Waals surface area (Å²) in [6, 6.07) is 5.86. The molecule has 1 aromatic rings. The lowest BCUT2D eigenvalue weighted by Crippen LogP contribution is -2.22. The van der Waals surface area contributed by atoms with Crippen LogP contribution in [0.3, 0.4) is 0 Å². The Morgan fingerprint density at radius 1 is 1.29 bits per heavy atom. The van der Waals surface area contributed by atoms with E-state index in [9.17, 15) is 13.2 Å². The Hall–Kier alpha value is -1.19. The van der Waals surface area contributed by atoms with E-state index in [0.717, 1.165) is 25.3 Å². The van der Waals surface area contributed by atoms with Gasteiger partial charge in [-0.25, -0.2) is 0 Å². The molecule has 17 heavy (non-hydrogen) atoms. The third-order valence-corrected chi connectivity index (χ3v) is 3.20. The molecule has 1 fully saturated rings. The Morgan fingerprint density at radius 3 is 2.47 bits per heavy atom. The monoisotopic (exact) mass is 243 g/mol. The highest BCUT2D eigenvalue weighted by molar-refractivity contribution is 5.53. The van der Waals surface area contributed by atoms with Crippen LogP contribution in [-0.2, 0) is 6.18 Å². The average molecular weight is 243 g/mol. The fourth-order valence-corrected chi connectivity index (χ4v) is 2.11. The number of halogens is 3. The van der Waals surface area contributed by atoms with Crippen LogP contribution in [-0.4, -0.2) is 6.04 Å². The van der Waals surface area contributed by atoms with Gasteiger partial charge in [-0.2, -0.15) is 13.2 Å². The molecule has 0 radical (unpaired) electrons. The van der Waals surface area contributed by atoms with E-state index in [-0.39, 0.29) is 11.7 Å². The van der Waals surface area contributed by atoms with Gasteiger partial charge in [0.05, 0.1) is 5.56 Å². The molecule has 1 aliphatic carbocycles. The first kappa shape index (κ1) is 12.3. The van der Waals surface area contributed by atoms with Crippen LogP contribution < -0.4 is 5.32 Å². The van der Waals surface area contributed by atoms with E-state index in [1.165, 1.54) is 12.1 Å². The predicted molar refractivity (Wildman–Crippen MR) is 61.9 cm³/mol. The van der Waals surface area contributed by atoms with Crippen LogP contribution in [0.5, 0.6) is 0 Å². The van der Waals surface area contributed by atoms with E-state index < -0.39 is 11.7 Å². The lowest BCUT2D eigenvalue weighted by molar-refractivity contribution is -0.137. The van der Waals surface area contributed by atoms with E-state index in [1.54, 1.807) is 6.07 Å². The maximum Gasteiger partial charge on any atom is 0.418 e. The normalized spacial score (nSPS) is 17.9. The van der Waals surface area contributed by atoms with Gasteiger partial charge in [-0.1, -0.05) is 19.1 Å². The van der Waals surface area contributed by atoms with Crippen molar-refractivity contribution in [3.8, 4) is 0 Å². The molecule has 0 aromatic heterocycles. The van der Waals surface area contributed by atoms with Gasteiger partial charge in [-0.05, 0) is 37.3 Å². The summed E-state index contributed by atoms with van der Waals surface area (Å²) in [5.74, 6) is 0.543. The summed E-state index contributed by atoms with van der Waals surface area (Å²) < 4.78 is 38.3. The summed E-state index contributed by atoms with van der Waals surface area (Å²) in [5, 5.41) is 3.05. The van der Waals surface area contributed by atoms with Crippen molar-refractivity contribution in [2.24, 2.45) is 5.92 Å². The zero-order valence-corrected chi connectivity index (χ0v) is 9.72. The number of para-hydroxylation sites is 1. The molecule has 1 aromatic carbocycles. The van der Waals surface area contributed by atoms with Gasteiger partial charge in [0.25, 0.3) is 0 Å². The molecule has 1 nitrogen and oxygen atoms in total. The van der Waals surface area contributed by atoms with Crippen molar-refractivity contribution in [3.63, 3.8) is 0 Å². The maximum absolute atomic E-state index is 12.8. The lowest BCUT2D eigenvalue weighted by atomic mass is 10.1. The molecule has 0 spiro atoms. The van der Waals surface area contributed by atoms with E-state index in [0.29, 0.717) is 5.92 Å². The lowest BCUT2D eigenvalue weighted by Gasteiger charge is -2.21. The molecule has 94 valence electrons. The fraction of sp³-hybridized carbons (Fsp3) is 0.538. The molecule has 1 N–H and O–H groups in total. The van der Waals surface area contributed by atoms with Gasteiger partial charge in [-0.15, -0.1) is 0 Å².